The second-order valence-electron chi connectivity index (χ2n) is 9.45. The van der Waals surface area contributed by atoms with Crippen molar-refractivity contribution in [3.8, 4) is 0 Å². The smallest absolute Gasteiger partial charge is 0.339 e. The largest absolute Gasteiger partial charge is 0.449 e. The predicted molar refractivity (Wildman–Crippen MR) is 134 cm³/mol. The first-order valence-electron chi connectivity index (χ1n) is 12.2. The Kier molecular flexibility index (Phi) is 6.18. The summed E-state index contributed by atoms with van der Waals surface area (Å²) in [5.41, 5.74) is 6.51. The van der Waals surface area contributed by atoms with Crippen LogP contribution in [-0.2, 0) is 16.0 Å². The Morgan fingerprint density at radius 2 is 1.79 bits per heavy atom. The Morgan fingerprint density at radius 1 is 1.06 bits per heavy atom. The van der Waals surface area contributed by atoms with Gasteiger partial charge in [0.1, 0.15) is 0 Å². The van der Waals surface area contributed by atoms with Crippen LogP contribution in [0, 0.1) is 6.92 Å². The predicted octanol–water partition coefficient (Wildman–Crippen LogP) is 5.63. The Hall–Kier alpha value is -3.47. The van der Waals surface area contributed by atoms with Crippen LogP contribution in [0.1, 0.15) is 71.8 Å². The molecule has 1 atom stereocenters. The van der Waals surface area contributed by atoms with Crippen LogP contribution in [0.4, 0.5) is 0 Å². The number of ether oxygens (including phenoxy) is 1. The van der Waals surface area contributed by atoms with Gasteiger partial charge < -0.3 is 10.1 Å². The molecule has 1 saturated carbocycles. The Morgan fingerprint density at radius 3 is 2.56 bits per heavy atom. The van der Waals surface area contributed by atoms with Crippen LogP contribution in [0.2, 0.25) is 0 Å². The summed E-state index contributed by atoms with van der Waals surface area (Å²) in [5, 5.41) is 3.80. The van der Waals surface area contributed by atoms with Crippen molar-refractivity contribution in [3.05, 3.63) is 76.5 Å². The van der Waals surface area contributed by atoms with Gasteiger partial charge in [-0.2, -0.15) is 0 Å². The summed E-state index contributed by atoms with van der Waals surface area (Å²) in [5.74, 6) is -0.685. The van der Waals surface area contributed by atoms with Gasteiger partial charge in [-0.1, -0.05) is 60.9 Å². The van der Waals surface area contributed by atoms with Crippen LogP contribution in [0.15, 0.2) is 48.5 Å². The van der Waals surface area contributed by atoms with E-state index in [1.54, 1.807) is 6.92 Å². The minimum absolute atomic E-state index is 0.189. The third-order valence-electron chi connectivity index (χ3n) is 6.92. The van der Waals surface area contributed by atoms with Crippen molar-refractivity contribution in [1.29, 1.82) is 0 Å². The molecule has 174 valence electrons. The molecule has 1 N–H and O–H groups in total. The van der Waals surface area contributed by atoms with Crippen LogP contribution in [0.3, 0.4) is 0 Å². The SMILES string of the molecule is Cc1ccc(/C=C2/CCc3c2nc2ccccc2c3C(=O)OC(C)C(=O)NC2CCCC2)cc1. The molecule has 0 aliphatic heterocycles. The number of rotatable bonds is 5. The number of nitrogens with one attached hydrogen (secondary N) is 1. The molecule has 0 saturated heterocycles. The zero-order valence-electron chi connectivity index (χ0n) is 19.8. The molecule has 1 fully saturated rings. The van der Waals surface area contributed by atoms with Gasteiger partial charge in [0.05, 0.1) is 16.8 Å². The van der Waals surface area contributed by atoms with E-state index in [4.69, 9.17) is 9.72 Å². The lowest BCUT2D eigenvalue weighted by molar-refractivity contribution is -0.129. The van der Waals surface area contributed by atoms with Crippen LogP contribution in [-0.4, -0.2) is 29.0 Å². The van der Waals surface area contributed by atoms with E-state index in [9.17, 15) is 9.59 Å². The number of benzene rings is 2. The molecule has 2 aromatic carbocycles. The highest BCUT2D eigenvalue weighted by Crippen LogP contribution is 2.38. The average molecular weight is 455 g/mol. The van der Waals surface area contributed by atoms with Crippen LogP contribution in [0.5, 0.6) is 0 Å². The van der Waals surface area contributed by atoms with Gasteiger partial charge in [0.25, 0.3) is 5.91 Å². The number of amides is 1. The number of hydrogen-bond acceptors (Lipinski definition) is 4. The number of hydrogen-bond donors (Lipinski definition) is 1. The minimum atomic E-state index is -0.848. The van der Waals surface area contributed by atoms with E-state index in [0.717, 1.165) is 71.8 Å². The lowest BCUT2D eigenvalue weighted by atomic mass is 10.0. The number of allylic oxidation sites excluding steroid dienone is 1. The normalized spacial score (nSPS) is 17.6. The molecule has 0 spiro atoms. The number of carbonyl (C=O) groups excluding carboxylic acids is 2. The maximum Gasteiger partial charge on any atom is 0.339 e. The van der Waals surface area contributed by atoms with E-state index in [1.165, 1.54) is 5.56 Å². The van der Waals surface area contributed by atoms with E-state index in [2.05, 4.69) is 42.6 Å². The van der Waals surface area contributed by atoms with Gasteiger partial charge in [-0.25, -0.2) is 9.78 Å². The Bertz CT molecular complexity index is 1270. The summed E-state index contributed by atoms with van der Waals surface area (Å²) in [6.45, 7) is 3.72. The summed E-state index contributed by atoms with van der Waals surface area (Å²) in [6.07, 6.45) is 7.08. The van der Waals surface area contributed by atoms with Gasteiger partial charge in [0.2, 0.25) is 0 Å². The fourth-order valence-electron chi connectivity index (χ4n) is 5.04. The zero-order chi connectivity index (χ0) is 23.7. The Balaban J connectivity index is 1.47. The molecule has 5 heteroatoms. The van der Waals surface area contributed by atoms with E-state index >= 15 is 0 Å². The number of aromatic nitrogens is 1. The summed E-state index contributed by atoms with van der Waals surface area (Å²) in [4.78, 5) is 31.0. The van der Waals surface area contributed by atoms with E-state index in [-0.39, 0.29) is 11.9 Å². The van der Waals surface area contributed by atoms with E-state index in [1.807, 2.05) is 24.3 Å². The lowest BCUT2D eigenvalue weighted by Gasteiger charge is -2.18. The van der Waals surface area contributed by atoms with Crippen LogP contribution in [0.25, 0.3) is 22.6 Å². The molecule has 0 bridgehead atoms. The summed E-state index contributed by atoms with van der Waals surface area (Å²) >= 11 is 0. The first kappa shape index (κ1) is 22.3. The molecule has 1 aromatic heterocycles. The minimum Gasteiger partial charge on any atom is -0.449 e. The number of para-hydroxylation sites is 1. The zero-order valence-corrected chi connectivity index (χ0v) is 19.8. The second kappa shape index (κ2) is 9.41. The van der Waals surface area contributed by atoms with Crippen molar-refractivity contribution in [2.75, 3.05) is 0 Å². The quantitative estimate of drug-likeness (QED) is 0.507. The maximum atomic E-state index is 13.4. The van der Waals surface area contributed by atoms with Gasteiger partial charge in [-0.15, -0.1) is 0 Å². The van der Waals surface area contributed by atoms with Crippen molar-refractivity contribution in [3.63, 3.8) is 0 Å². The van der Waals surface area contributed by atoms with Crippen molar-refractivity contribution < 1.29 is 14.3 Å². The van der Waals surface area contributed by atoms with Crippen LogP contribution < -0.4 is 5.32 Å². The number of nitrogens with zero attached hydrogens (tertiary/aromatic N) is 1. The van der Waals surface area contributed by atoms with Crippen LogP contribution >= 0.6 is 0 Å². The third kappa shape index (κ3) is 4.47. The second-order valence-corrected chi connectivity index (χ2v) is 9.45. The summed E-state index contributed by atoms with van der Waals surface area (Å²) in [6, 6.07) is 16.2. The maximum absolute atomic E-state index is 13.4. The number of esters is 1. The molecule has 1 amide bonds. The third-order valence-corrected chi connectivity index (χ3v) is 6.92. The highest BCUT2D eigenvalue weighted by Gasteiger charge is 2.30. The number of pyridine rings is 1. The molecule has 5 rings (SSSR count). The van der Waals surface area contributed by atoms with Gasteiger partial charge in [-0.05, 0) is 68.4 Å². The molecule has 2 aliphatic rings. The van der Waals surface area contributed by atoms with Gasteiger partial charge in [0, 0.05) is 11.4 Å². The Labute approximate surface area is 200 Å². The monoisotopic (exact) mass is 454 g/mol. The standard InChI is InChI=1S/C29H30N2O3/c1-18-11-13-20(14-12-18)17-21-15-16-24-26(23-9-5-6-10-25(23)31-27(21)24)29(33)34-19(2)28(32)30-22-7-3-4-8-22/h5-6,9-14,17,19,22H,3-4,7-8,15-16H2,1-2H3,(H,30,32)/b21-17-. The molecule has 3 aromatic rings. The van der Waals surface area contributed by atoms with Gasteiger partial charge >= 0.3 is 5.97 Å². The number of carbonyl (C=O) groups is 2. The molecule has 34 heavy (non-hydrogen) atoms. The lowest BCUT2D eigenvalue weighted by Crippen LogP contribution is -2.41. The summed E-state index contributed by atoms with van der Waals surface area (Å²) in [7, 11) is 0. The molecule has 5 nitrogen and oxygen atoms in total. The number of aryl methyl sites for hydroxylation is 1. The number of fused-ring (bicyclic) bond motifs is 2. The molecule has 1 heterocycles. The van der Waals surface area contributed by atoms with E-state index in [0.29, 0.717) is 5.56 Å². The van der Waals surface area contributed by atoms with Crippen molar-refractivity contribution in [2.24, 2.45) is 0 Å². The van der Waals surface area contributed by atoms with Crippen molar-refractivity contribution in [2.45, 2.75) is 64.5 Å². The highest BCUT2D eigenvalue weighted by atomic mass is 16.5. The van der Waals surface area contributed by atoms with Gasteiger partial charge in [0.15, 0.2) is 6.10 Å². The fourth-order valence-corrected chi connectivity index (χ4v) is 5.04. The average Bonchev–Trinajstić information content (AvgIpc) is 3.49. The molecule has 2 aliphatic carbocycles. The van der Waals surface area contributed by atoms with E-state index < -0.39 is 12.1 Å². The van der Waals surface area contributed by atoms with Crippen molar-refractivity contribution in [1.82, 2.24) is 10.3 Å². The summed E-state index contributed by atoms with van der Waals surface area (Å²) < 4.78 is 5.71. The fraction of sp³-hybridized carbons (Fsp3) is 0.345. The first-order valence-corrected chi connectivity index (χ1v) is 12.2. The molecule has 0 radical (unpaired) electrons. The first-order chi connectivity index (χ1) is 16.5. The molecular formula is C29H30N2O3. The highest BCUT2D eigenvalue weighted by molar-refractivity contribution is 6.07. The molecular weight excluding hydrogens is 424 g/mol. The topological polar surface area (TPSA) is 68.3 Å². The molecule has 1 unspecified atom stereocenters. The van der Waals surface area contributed by atoms with Gasteiger partial charge in [-0.3, -0.25) is 4.79 Å². The van der Waals surface area contributed by atoms with Crippen molar-refractivity contribution >= 4 is 34.4 Å².